The molecule has 0 rings (SSSR count). The van der Waals surface area contributed by atoms with E-state index in [4.69, 9.17) is 9.68 Å². The van der Waals surface area contributed by atoms with Crippen LogP contribution in [0.4, 0.5) is 0 Å². The predicted molar refractivity (Wildman–Crippen MR) is 62.6 cm³/mol. The first-order valence-corrected chi connectivity index (χ1v) is 5.56. The van der Waals surface area contributed by atoms with Crippen LogP contribution in [0, 0.1) is 5.92 Å². The number of hydrogen-bond donors (Lipinski definition) is 0. The summed E-state index contributed by atoms with van der Waals surface area (Å²) in [4.78, 5) is 32.6. The van der Waals surface area contributed by atoms with E-state index in [0.717, 1.165) is 0 Å². The lowest BCUT2D eigenvalue weighted by Gasteiger charge is -2.19. The molecule has 0 aromatic rings. The van der Waals surface area contributed by atoms with E-state index in [1.54, 1.807) is 14.1 Å². The molecule has 0 saturated heterocycles. The minimum atomic E-state index is -0.152. The Kier molecular flexibility index (Phi) is 7.49. The maximum absolute atomic E-state index is 11.6. The highest BCUT2D eigenvalue weighted by Crippen LogP contribution is 2.11. The van der Waals surface area contributed by atoms with E-state index in [1.165, 1.54) is 24.3 Å². The Morgan fingerprint density at radius 1 is 1.12 bits per heavy atom. The van der Waals surface area contributed by atoms with E-state index >= 15 is 0 Å². The van der Waals surface area contributed by atoms with E-state index in [-0.39, 0.29) is 17.7 Å². The van der Waals surface area contributed by atoms with Crippen molar-refractivity contribution in [1.29, 1.82) is 0 Å². The van der Waals surface area contributed by atoms with Gasteiger partial charge in [-0.25, -0.2) is 10.1 Å². The second kappa shape index (κ2) is 8.03. The molecule has 0 radical (unpaired) electrons. The Labute approximate surface area is 102 Å². The highest BCUT2D eigenvalue weighted by Gasteiger charge is 2.18. The van der Waals surface area contributed by atoms with Crippen LogP contribution in [0.3, 0.4) is 0 Å². The molecule has 0 bridgehead atoms. The van der Waals surface area contributed by atoms with Crippen LogP contribution in [-0.4, -0.2) is 50.3 Å². The first-order chi connectivity index (χ1) is 7.93. The lowest BCUT2D eigenvalue weighted by molar-refractivity contribution is -0.173. The van der Waals surface area contributed by atoms with Crippen molar-refractivity contribution in [1.82, 2.24) is 10.1 Å². The van der Waals surface area contributed by atoms with Gasteiger partial charge >= 0.3 is 0 Å². The molecule has 1 atom stereocenters. The molecule has 0 N–H and O–H groups in total. The molecule has 17 heavy (non-hydrogen) atoms. The normalized spacial score (nSPS) is 12.1. The van der Waals surface area contributed by atoms with Gasteiger partial charge in [0.2, 0.25) is 11.8 Å². The quantitative estimate of drug-likeness (QED) is 0.624. The molecule has 0 spiro atoms. The van der Waals surface area contributed by atoms with Gasteiger partial charge in [-0.3, -0.25) is 19.3 Å². The summed E-state index contributed by atoms with van der Waals surface area (Å²) in [7, 11) is 6.03. The molecular formula is C11H22N2O4. The van der Waals surface area contributed by atoms with Crippen LogP contribution in [0.15, 0.2) is 0 Å². The van der Waals surface area contributed by atoms with Crippen LogP contribution in [0.2, 0.25) is 0 Å². The fourth-order valence-electron chi connectivity index (χ4n) is 1.34. The summed E-state index contributed by atoms with van der Waals surface area (Å²) in [6.45, 7) is 1.82. The Balaban J connectivity index is 3.89. The molecule has 2 amide bonds. The maximum atomic E-state index is 11.6. The Hall–Kier alpha value is -1.14. The summed E-state index contributed by atoms with van der Waals surface area (Å²) in [5.41, 5.74) is 0. The van der Waals surface area contributed by atoms with E-state index in [0.29, 0.717) is 19.3 Å². The van der Waals surface area contributed by atoms with E-state index in [9.17, 15) is 9.59 Å². The number of amides is 2. The molecule has 0 aliphatic heterocycles. The van der Waals surface area contributed by atoms with Crippen molar-refractivity contribution in [2.24, 2.45) is 5.92 Å². The summed E-state index contributed by atoms with van der Waals surface area (Å²) >= 11 is 0. The zero-order valence-electron chi connectivity index (χ0n) is 11.2. The van der Waals surface area contributed by atoms with Crippen LogP contribution in [0.1, 0.15) is 26.2 Å². The summed E-state index contributed by atoms with van der Waals surface area (Å²) in [5.74, 6) is -0.326. The third-order valence-corrected chi connectivity index (χ3v) is 2.66. The van der Waals surface area contributed by atoms with Crippen molar-refractivity contribution in [2.75, 3.05) is 28.3 Å². The van der Waals surface area contributed by atoms with Crippen LogP contribution in [0.25, 0.3) is 0 Å². The van der Waals surface area contributed by atoms with Gasteiger partial charge in [0.1, 0.15) is 0 Å². The Morgan fingerprint density at radius 2 is 1.65 bits per heavy atom. The number of hydroxylamine groups is 4. The van der Waals surface area contributed by atoms with Gasteiger partial charge in [0.05, 0.1) is 14.2 Å². The topological polar surface area (TPSA) is 59.1 Å². The number of rotatable bonds is 7. The summed E-state index contributed by atoms with van der Waals surface area (Å²) in [6.07, 6.45) is 1.67. The van der Waals surface area contributed by atoms with Crippen molar-refractivity contribution >= 4 is 11.8 Å². The minimum absolute atomic E-state index is 0.0833. The average Bonchev–Trinajstić information content (AvgIpc) is 2.35. The van der Waals surface area contributed by atoms with Crippen molar-refractivity contribution in [3.63, 3.8) is 0 Å². The lowest BCUT2D eigenvalue weighted by Crippen LogP contribution is -2.31. The molecule has 6 heteroatoms. The van der Waals surface area contributed by atoms with Gasteiger partial charge in [0, 0.05) is 26.4 Å². The molecule has 1 unspecified atom stereocenters. The largest absolute Gasteiger partial charge is 0.275 e. The van der Waals surface area contributed by atoms with Gasteiger partial charge < -0.3 is 0 Å². The summed E-state index contributed by atoms with van der Waals surface area (Å²) in [6, 6.07) is 0. The second-order valence-electron chi connectivity index (χ2n) is 3.89. The first kappa shape index (κ1) is 15.9. The highest BCUT2D eigenvalue weighted by molar-refractivity contribution is 5.77. The number of carbonyl (C=O) groups is 2. The molecule has 0 fully saturated rings. The fraction of sp³-hybridized carbons (Fsp3) is 0.818. The highest BCUT2D eigenvalue weighted by atomic mass is 16.7. The van der Waals surface area contributed by atoms with Gasteiger partial charge in [-0.15, -0.1) is 0 Å². The minimum Gasteiger partial charge on any atom is -0.275 e. The van der Waals surface area contributed by atoms with Gasteiger partial charge in [-0.05, 0) is 12.8 Å². The molecule has 0 aromatic heterocycles. The lowest BCUT2D eigenvalue weighted by atomic mass is 10.0. The molecule has 100 valence electrons. The van der Waals surface area contributed by atoms with E-state index in [2.05, 4.69) is 0 Å². The molecule has 6 nitrogen and oxygen atoms in total. The van der Waals surface area contributed by atoms with Gasteiger partial charge in [0.25, 0.3) is 0 Å². The second-order valence-corrected chi connectivity index (χ2v) is 3.89. The Bertz CT molecular complexity index is 258. The maximum Gasteiger partial charge on any atom is 0.248 e. The third kappa shape index (κ3) is 5.65. The summed E-state index contributed by atoms with van der Waals surface area (Å²) < 4.78 is 0. The van der Waals surface area contributed by atoms with Crippen LogP contribution >= 0.6 is 0 Å². The summed E-state index contributed by atoms with van der Waals surface area (Å²) in [5, 5.41) is 2.39. The monoisotopic (exact) mass is 246 g/mol. The Morgan fingerprint density at radius 3 is 2.12 bits per heavy atom. The van der Waals surface area contributed by atoms with Crippen LogP contribution in [0.5, 0.6) is 0 Å². The predicted octanol–water partition coefficient (Wildman–Crippen LogP) is 0.832. The zero-order valence-corrected chi connectivity index (χ0v) is 11.2. The first-order valence-electron chi connectivity index (χ1n) is 5.56. The molecule has 0 aliphatic carbocycles. The molecular weight excluding hydrogens is 224 g/mol. The standard InChI is InChI=1S/C11H22N2O4/c1-9(11(15)13(3)17-5)7-6-8-10(14)12(2)16-4/h9H,6-8H2,1-5H3. The number of hydrogen-bond acceptors (Lipinski definition) is 4. The van der Waals surface area contributed by atoms with Crippen LogP contribution in [-0.2, 0) is 19.3 Å². The van der Waals surface area contributed by atoms with Gasteiger partial charge in [-0.2, -0.15) is 0 Å². The fourth-order valence-corrected chi connectivity index (χ4v) is 1.34. The van der Waals surface area contributed by atoms with E-state index in [1.807, 2.05) is 6.92 Å². The molecule has 0 heterocycles. The number of carbonyl (C=O) groups excluding carboxylic acids is 2. The van der Waals surface area contributed by atoms with Gasteiger partial charge in [-0.1, -0.05) is 6.92 Å². The van der Waals surface area contributed by atoms with Crippen molar-refractivity contribution in [2.45, 2.75) is 26.2 Å². The van der Waals surface area contributed by atoms with Crippen LogP contribution < -0.4 is 0 Å². The van der Waals surface area contributed by atoms with Crippen molar-refractivity contribution in [3.05, 3.63) is 0 Å². The smallest absolute Gasteiger partial charge is 0.248 e. The van der Waals surface area contributed by atoms with Crippen molar-refractivity contribution in [3.8, 4) is 0 Å². The SMILES string of the molecule is CON(C)C(=O)CCCC(C)C(=O)N(C)OC. The molecule has 0 aliphatic rings. The average molecular weight is 246 g/mol. The molecule has 0 aromatic carbocycles. The third-order valence-electron chi connectivity index (χ3n) is 2.66. The van der Waals surface area contributed by atoms with Crippen molar-refractivity contribution < 1.29 is 19.3 Å². The number of nitrogens with zero attached hydrogens (tertiary/aromatic N) is 2. The molecule has 0 saturated carbocycles. The van der Waals surface area contributed by atoms with Gasteiger partial charge in [0.15, 0.2) is 0 Å². The zero-order chi connectivity index (χ0) is 13.4. The van der Waals surface area contributed by atoms with E-state index < -0.39 is 0 Å².